The van der Waals surface area contributed by atoms with Crippen molar-refractivity contribution in [3.05, 3.63) is 156 Å². The van der Waals surface area contributed by atoms with E-state index in [0.29, 0.717) is 49.8 Å². The molecule has 282 valence electrons. The summed E-state index contributed by atoms with van der Waals surface area (Å²) in [7, 11) is -2.25. The number of aromatic nitrogens is 2. The molecule has 5 aromatic rings. The van der Waals surface area contributed by atoms with Gasteiger partial charge in [0.25, 0.3) is 0 Å². The molecule has 1 amide bonds. The van der Waals surface area contributed by atoms with Crippen LogP contribution in [0.15, 0.2) is 128 Å². The number of carbonyl (C=O) groups excluding carboxylic acids is 1. The van der Waals surface area contributed by atoms with Crippen LogP contribution in [0.4, 0.5) is 14.5 Å². The highest BCUT2D eigenvalue weighted by Gasteiger charge is 2.50. The van der Waals surface area contributed by atoms with Gasteiger partial charge in [0, 0.05) is 36.3 Å². The molecule has 1 aromatic heterocycles. The first-order valence-electron chi connectivity index (χ1n) is 18.5. The van der Waals surface area contributed by atoms with Gasteiger partial charge in [-0.1, -0.05) is 69.3 Å². The molecule has 54 heavy (non-hydrogen) atoms. The lowest BCUT2D eigenvalue weighted by atomic mass is 9.78. The van der Waals surface area contributed by atoms with Crippen molar-refractivity contribution in [2.75, 3.05) is 11.5 Å². The Labute approximate surface area is 318 Å². The molecule has 0 N–H and O–H groups in total. The predicted molar refractivity (Wildman–Crippen MR) is 211 cm³/mol. The molecule has 1 fully saturated rings. The lowest BCUT2D eigenvalue weighted by Gasteiger charge is -2.48. The number of β-lactam (4-membered cyclic amide) rings is 1. The zero-order valence-corrected chi connectivity index (χ0v) is 32.6. The number of anilines is 1. The largest absolute Gasteiger partial charge is 0.489 e. The van der Waals surface area contributed by atoms with Crippen molar-refractivity contribution in [3.8, 4) is 11.5 Å². The Morgan fingerprint density at radius 1 is 0.889 bits per heavy atom. The summed E-state index contributed by atoms with van der Waals surface area (Å²) in [6.45, 7) is 12.3. The van der Waals surface area contributed by atoms with Gasteiger partial charge in [0.1, 0.15) is 36.3 Å². The van der Waals surface area contributed by atoms with Crippen LogP contribution in [0.25, 0.3) is 0 Å². The summed E-state index contributed by atoms with van der Waals surface area (Å²) in [5.41, 5.74) is 3.31. The highest BCUT2D eigenvalue weighted by molar-refractivity contribution is 6.74. The third kappa shape index (κ3) is 9.35. The second-order valence-electron chi connectivity index (χ2n) is 15.2. The fourth-order valence-corrected chi connectivity index (χ4v) is 7.74. The van der Waals surface area contributed by atoms with Crippen LogP contribution in [0.2, 0.25) is 18.1 Å². The zero-order valence-electron chi connectivity index (χ0n) is 31.6. The first-order chi connectivity index (χ1) is 25.9. The van der Waals surface area contributed by atoms with Crippen LogP contribution in [-0.2, 0) is 22.4 Å². The molecule has 0 radical (unpaired) electrons. The number of amides is 1. The van der Waals surface area contributed by atoms with E-state index in [1.807, 2.05) is 71.4 Å². The van der Waals surface area contributed by atoms with Gasteiger partial charge >= 0.3 is 0 Å². The summed E-state index contributed by atoms with van der Waals surface area (Å²) in [5, 5.41) is -0.0514. The lowest BCUT2D eigenvalue weighted by molar-refractivity contribution is -0.131. The lowest BCUT2D eigenvalue weighted by Crippen LogP contribution is -2.55. The first kappa shape index (κ1) is 38.7. The number of benzene rings is 4. The molecule has 4 aromatic carbocycles. The van der Waals surface area contributed by atoms with Crippen molar-refractivity contribution < 1.29 is 27.5 Å². The summed E-state index contributed by atoms with van der Waals surface area (Å²) < 4.78 is 49.7. The molecule has 0 bridgehead atoms. The van der Waals surface area contributed by atoms with Crippen molar-refractivity contribution in [2.45, 2.75) is 77.0 Å². The van der Waals surface area contributed by atoms with E-state index >= 15 is 0 Å². The van der Waals surface area contributed by atoms with Gasteiger partial charge < -0.3 is 23.4 Å². The highest BCUT2D eigenvalue weighted by Crippen LogP contribution is 2.50. The van der Waals surface area contributed by atoms with Crippen LogP contribution in [0.5, 0.6) is 11.5 Å². The number of rotatable bonds is 16. The highest BCUT2D eigenvalue weighted by atomic mass is 28.4. The Bertz CT molecular complexity index is 2000. The molecule has 1 aliphatic rings. The molecule has 7 nitrogen and oxygen atoms in total. The van der Waals surface area contributed by atoms with Crippen LogP contribution >= 0.6 is 0 Å². The monoisotopic (exact) mass is 749 g/mol. The summed E-state index contributed by atoms with van der Waals surface area (Å²) >= 11 is 0. The van der Waals surface area contributed by atoms with E-state index in [0.717, 1.165) is 16.7 Å². The molecule has 1 aliphatic heterocycles. The van der Waals surface area contributed by atoms with Gasteiger partial charge in [0.05, 0.1) is 24.4 Å². The van der Waals surface area contributed by atoms with Gasteiger partial charge in [-0.3, -0.25) is 4.79 Å². The predicted octanol–water partition coefficient (Wildman–Crippen LogP) is 10.6. The normalized spacial score (nSPS) is 16.7. The van der Waals surface area contributed by atoms with Crippen molar-refractivity contribution in [2.24, 2.45) is 5.92 Å². The second-order valence-corrected chi connectivity index (χ2v) is 20.0. The minimum absolute atomic E-state index is 0.0514. The Kier molecular flexibility index (Phi) is 12.1. The molecule has 0 unspecified atom stereocenters. The van der Waals surface area contributed by atoms with Gasteiger partial charge in [-0.05, 0) is 96.7 Å². The van der Waals surface area contributed by atoms with Crippen LogP contribution < -0.4 is 14.4 Å². The molecular weight excluding hydrogens is 701 g/mol. The minimum Gasteiger partial charge on any atom is -0.489 e. The molecule has 3 atom stereocenters. The van der Waals surface area contributed by atoms with Crippen LogP contribution in [0, 0.1) is 17.6 Å². The van der Waals surface area contributed by atoms with Gasteiger partial charge in [-0.2, -0.15) is 0 Å². The van der Waals surface area contributed by atoms with E-state index < -0.39 is 20.3 Å². The number of carbonyl (C=O) groups is 1. The third-order valence-electron chi connectivity index (χ3n) is 10.5. The SMILES string of the molecule is CC(C)(C)[Si](C)(C)O[C@@H](CC[C@H]1C(=O)N(c2ccc(F)cc2)[C@@H]1c1ccc(OCC=CCn2ccnc2)cc1OCc1ccccc1)c1ccc(F)cc1. The van der Waals surface area contributed by atoms with E-state index in [1.54, 1.807) is 41.7 Å². The Morgan fingerprint density at radius 3 is 2.26 bits per heavy atom. The molecule has 2 heterocycles. The number of hydrogen-bond donors (Lipinski definition) is 0. The van der Waals surface area contributed by atoms with Gasteiger partial charge in [-0.15, -0.1) is 0 Å². The number of halogens is 2. The summed E-state index contributed by atoms with van der Waals surface area (Å²) in [4.78, 5) is 20.0. The van der Waals surface area contributed by atoms with E-state index in [2.05, 4.69) is 38.8 Å². The summed E-state index contributed by atoms with van der Waals surface area (Å²) in [6, 6.07) is 27.7. The maximum absolute atomic E-state index is 14.2. The first-order valence-corrected chi connectivity index (χ1v) is 21.4. The average molecular weight is 750 g/mol. The Hall–Kier alpha value is -5.06. The number of hydrogen-bond acceptors (Lipinski definition) is 5. The van der Waals surface area contributed by atoms with Crippen molar-refractivity contribution in [1.29, 1.82) is 0 Å². The van der Waals surface area contributed by atoms with Crippen LogP contribution in [-0.4, -0.2) is 30.4 Å². The standard InChI is InChI=1S/C44H49F2N3O4Si/c1-44(2,3)54(4,5)53-40(33-13-15-34(45)16-14-33)24-23-39-42(49(43(39)50)36-19-17-35(46)18-20-36)38-22-21-37(51-28-10-9-26-48-27-25-47-31-48)29-41(38)52-30-32-11-7-6-8-12-32/h6-22,25,27,29,31,39-40,42H,23-24,26,28,30H2,1-5H3/t39-,40+,42-/m1/s1. The quantitative estimate of drug-likeness (QED) is 0.0571. The van der Waals surface area contributed by atoms with Crippen LogP contribution in [0.1, 0.15) is 62.4 Å². The topological polar surface area (TPSA) is 65.8 Å². The Morgan fingerprint density at radius 2 is 1.59 bits per heavy atom. The molecule has 6 rings (SSSR count). The van der Waals surface area contributed by atoms with E-state index in [1.165, 1.54) is 24.3 Å². The fraction of sp³-hybridized carbons (Fsp3) is 0.318. The number of imidazole rings is 1. The number of nitrogens with zero attached hydrogens (tertiary/aromatic N) is 3. The van der Waals surface area contributed by atoms with Crippen molar-refractivity contribution in [1.82, 2.24) is 9.55 Å². The van der Waals surface area contributed by atoms with E-state index in [9.17, 15) is 13.6 Å². The van der Waals surface area contributed by atoms with Crippen molar-refractivity contribution >= 4 is 19.9 Å². The molecule has 10 heteroatoms. The van der Waals surface area contributed by atoms with Gasteiger partial charge in [0.2, 0.25) is 5.91 Å². The summed E-state index contributed by atoms with van der Waals surface area (Å²) in [6.07, 6.45) is 10.1. The maximum atomic E-state index is 14.2. The van der Waals surface area contributed by atoms with Gasteiger partial charge in [-0.25, -0.2) is 13.8 Å². The van der Waals surface area contributed by atoms with Crippen LogP contribution in [0.3, 0.4) is 0 Å². The molecule has 0 spiro atoms. The smallest absolute Gasteiger partial charge is 0.233 e. The minimum atomic E-state index is -2.25. The zero-order chi connectivity index (χ0) is 38.3. The van der Waals surface area contributed by atoms with Gasteiger partial charge in [0.15, 0.2) is 8.32 Å². The second kappa shape index (κ2) is 16.9. The Balaban J connectivity index is 1.30. The maximum Gasteiger partial charge on any atom is 0.233 e. The van der Waals surface area contributed by atoms with E-state index in [4.69, 9.17) is 13.9 Å². The number of ether oxygens (including phenoxy) is 2. The average Bonchev–Trinajstić information content (AvgIpc) is 3.67. The number of allylic oxidation sites excluding steroid dienone is 1. The molecule has 0 aliphatic carbocycles. The van der Waals surface area contributed by atoms with E-state index in [-0.39, 0.29) is 28.7 Å². The van der Waals surface area contributed by atoms with Crippen molar-refractivity contribution in [3.63, 3.8) is 0 Å². The third-order valence-corrected chi connectivity index (χ3v) is 15.0. The molecule has 0 saturated carbocycles. The summed E-state index contributed by atoms with van der Waals surface area (Å²) in [5.74, 6) is 0.0593. The molecular formula is C44H49F2N3O4Si. The molecule has 1 saturated heterocycles. The fourth-order valence-electron chi connectivity index (χ4n) is 6.42.